The van der Waals surface area contributed by atoms with Crippen molar-refractivity contribution in [1.82, 2.24) is 4.98 Å². The number of halogens is 3. The summed E-state index contributed by atoms with van der Waals surface area (Å²) in [7, 11) is 0. The van der Waals surface area contributed by atoms with Crippen molar-refractivity contribution in [2.75, 3.05) is 0 Å². The second kappa shape index (κ2) is 4.04. The highest BCUT2D eigenvalue weighted by molar-refractivity contribution is 5.91. The Labute approximate surface area is 101 Å². The van der Waals surface area contributed by atoms with Gasteiger partial charge in [-0.2, -0.15) is 13.2 Å². The van der Waals surface area contributed by atoms with E-state index in [9.17, 15) is 18.0 Å². The number of carbonyl (C=O) groups is 1. The van der Waals surface area contributed by atoms with E-state index >= 15 is 0 Å². The van der Waals surface area contributed by atoms with Gasteiger partial charge >= 0.3 is 6.18 Å². The van der Waals surface area contributed by atoms with Crippen molar-refractivity contribution >= 4 is 16.8 Å². The molecule has 0 fully saturated rings. The van der Waals surface area contributed by atoms with Crippen molar-refractivity contribution in [2.24, 2.45) is 5.73 Å². The van der Waals surface area contributed by atoms with E-state index < -0.39 is 17.6 Å². The minimum atomic E-state index is -4.43. The molecule has 0 aliphatic carbocycles. The van der Waals surface area contributed by atoms with Crippen LogP contribution in [0.25, 0.3) is 10.9 Å². The van der Waals surface area contributed by atoms with Crippen LogP contribution in [0.4, 0.5) is 13.2 Å². The number of amides is 1. The molecule has 2 rings (SSSR count). The quantitative estimate of drug-likeness (QED) is 0.852. The predicted octanol–water partition coefficient (Wildman–Crippen LogP) is 2.52. The number of benzene rings is 1. The molecular formula is C12H11F3N2O. The second-order valence-electron chi connectivity index (χ2n) is 4.10. The fourth-order valence-corrected chi connectivity index (χ4v) is 2.04. The number of para-hydroxylation sites is 1. The lowest BCUT2D eigenvalue weighted by Gasteiger charge is -2.07. The normalized spacial score (nSPS) is 12.0. The summed E-state index contributed by atoms with van der Waals surface area (Å²) in [6.07, 6.45) is -4.51. The molecule has 1 amide bonds. The summed E-state index contributed by atoms with van der Waals surface area (Å²) in [5.41, 5.74) is 5.40. The minimum Gasteiger partial charge on any atom is -0.369 e. The van der Waals surface area contributed by atoms with Crippen LogP contribution in [0.2, 0.25) is 0 Å². The fourth-order valence-electron chi connectivity index (χ4n) is 2.04. The molecule has 0 saturated carbocycles. The Morgan fingerprint density at radius 1 is 1.39 bits per heavy atom. The summed E-state index contributed by atoms with van der Waals surface area (Å²) in [6.45, 7) is 1.62. The third kappa shape index (κ3) is 2.05. The molecule has 0 radical (unpaired) electrons. The molecule has 3 N–H and O–H groups in total. The van der Waals surface area contributed by atoms with Gasteiger partial charge in [-0.15, -0.1) is 0 Å². The second-order valence-corrected chi connectivity index (χ2v) is 4.10. The molecule has 96 valence electrons. The zero-order valence-corrected chi connectivity index (χ0v) is 9.56. The highest BCUT2D eigenvalue weighted by atomic mass is 19.4. The molecule has 0 aliphatic rings. The van der Waals surface area contributed by atoms with Gasteiger partial charge in [0.1, 0.15) is 0 Å². The number of aryl methyl sites for hydroxylation is 1. The number of nitrogens with one attached hydrogen (secondary N) is 1. The van der Waals surface area contributed by atoms with Crippen LogP contribution < -0.4 is 5.73 Å². The Hall–Kier alpha value is -1.98. The number of primary amides is 1. The van der Waals surface area contributed by atoms with Crippen LogP contribution in [0.5, 0.6) is 0 Å². The molecule has 3 nitrogen and oxygen atoms in total. The van der Waals surface area contributed by atoms with Crippen LogP contribution in [-0.2, 0) is 17.4 Å². The number of rotatable bonds is 2. The zero-order chi connectivity index (χ0) is 13.5. The Bertz CT molecular complexity index is 614. The maximum Gasteiger partial charge on any atom is 0.418 e. The number of hydrogen-bond acceptors (Lipinski definition) is 1. The average Bonchev–Trinajstić information content (AvgIpc) is 2.53. The van der Waals surface area contributed by atoms with Crippen LogP contribution in [0.1, 0.15) is 16.8 Å². The highest BCUT2D eigenvalue weighted by Crippen LogP contribution is 2.36. The Morgan fingerprint density at radius 2 is 2.06 bits per heavy atom. The van der Waals surface area contributed by atoms with Crippen LogP contribution >= 0.6 is 0 Å². The predicted molar refractivity (Wildman–Crippen MR) is 60.9 cm³/mol. The van der Waals surface area contributed by atoms with E-state index in [1.54, 1.807) is 13.0 Å². The summed E-state index contributed by atoms with van der Waals surface area (Å²) in [4.78, 5) is 13.6. The van der Waals surface area contributed by atoms with Gasteiger partial charge in [-0.25, -0.2) is 0 Å². The maximum atomic E-state index is 12.8. The molecule has 18 heavy (non-hydrogen) atoms. The zero-order valence-electron chi connectivity index (χ0n) is 9.56. The first-order valence-corrected chi connectivity index (χ1v) is 5.26. The summed E-state index contributed by atoms with van der Waals surface area (Å²) in [5, 5.41) is 0.390. The van der Waals surface area contributed by atoms with Crippen LogP contribution in [0, 0.1) is 6.92 Å². The average molecular weight is 256 g/mol. The van der Waals surface area contributed by atoms with E-state index in [1.807, 2.05) is 0 Å². The molecular weight excluding hydrogens is 245 g/mol. The topological polar surface area (TPSA) is 58.9 Å². The molecule has 6 heteroatoms. The number of H-pyrrole nitrogens is 1. The molecule has 1 aromatic heterocycles. The van der Waals surface area contributed by atoms with E-state index in [1.165, 1.54) is 6.07 Å². The van der Waals surface area contributed by atoms with E-state index in [0.29, 0.717) is 16.6 Å². The maximum absolute atomic E-state index is 12.8. The number of fused-ring (bicyclic) bond motifs is 1. The van der Waals surface area contributed by atoms with E-state index in [-0.39, 0.29) is 11.9 Å². The lowest BCUT2D eigenvalue weighted by Crippen LogP contribution is -2.14. The van der Waals surface area contributed by atoms with Gasteiger partial charge in [-0.3, -0.25) is 4.79 Å². The van der Waals surface area contributed by atoms with Gasteiger partial charge in [0, 0.05) is 11.1 Å². The third-order valence-corrected chi connectivity index (χ3v) is 2.81. The summed E-state index contributed by atoms with van der Waals surface area (Å²) >= 11 is 0. The van der Waals surface area contributed by atoms with Crippen molar-refractivity contribution in [3.05, 3.63) is 35.0 Å². The number of hydrogen-bond donors (Lipinski definition) is 2. The highest BCUT2D eigenvalue weighted by Gasteiger charge is 2.33. The molecule has 1 heterocycles. The van der Waals surface area contributed by atoms with E-state index in [4.69, 9.17) is 5.73 Å². The number of nitrogens with two attached hydrogens (primary N) is 1. The summed E-state index contributed by atoms with van der Waals surface area (Å²) in [6, 6.07) is 3.88. The van der Waals surface area contributed by atoms with Crippen molar-refractivity contribution in [3.8, 4) is 0 Å². The van der Waals surface area contributed by atoms with Gasteiger partial charge in [0.2, 0.25) is 5.91 Å². The molecule has 0 saturated heterocycles. The van der Waals surface area contributed by atoms with Gasteiger partial charge in [-0.1, -0.05) is 12.1 Å². The Morgan fingerprint density at radius 3 is 2.61 bits per heavy atom. The lowest BCUT2D eigenvalue weighted by atomic mass is 10.0. The number of aromatic nitrogens is 1. The third-order valence-electron chi connectivity index (χ3n) is 2.81. The standard InChI is InChI=1S/C12H11F3N2O/c1-6-8(5-10(16)18)7-3-2-4-9(11(7)17-6)12(13,14)15/h2-4,17H,5H2,1H3,(H2,16,18). The molecule has 0 aliphatic heterocycles. The van der Waals surface area contributed by atoms with Crippen LogP contribution in [0.3, 0.4) is 0 Å². The summed E-state index contributed by atoms with van der Waals surface area (Å²) < 4.78 is 38.4. The van der Waals surface area contributed by atoms with Gasteiger partial charge in [0.05, 0.1) is 17.5 Å². The first-order valence-electron chi connectivity index (χ1n) is 5.26. The van der Waals surface area contributed by atoms with Crippen molar-refractivity contribution in [2.45, 2.75) is 19.5 Å². The first kappa shape index (κ1) is 12.5. The molecule has 1 aromatic carbocycles. The van der Waals surface area contributed by atoms with Crippen LogP contribution in [0.15, 0.2) is 18.2 Å². The fraction of sp³-hybridized carbons (Fsp3) is 0.250. The molecule has 0 unspecified atom stereocenters. The monoisotopic (exact) mass is 256 g/mol. The van der Waals surface area contributed by atoms with E-state index in [0.717, 1.165) is 6.07 Å². The number of aromatic amines is 1. The lowest BCUT2D eigenvalue weighted by molar-refractivity contribution is -0.136. The van der Waals surface area contributed by atoms with Crippen LogP contribution in [-0.4, -0.2) is 10.9 Å². The van der Waals surface area contributed by atoms with Gasteiger partial charge in [-0.05, 0) is 18.6 Å². The van der Waals surface area contributed by atoms with E-state index in [2.05, 4.69) is 4.98 Å². The SMILES string of the molecule is Cc1[nH]c2c(C(F)(F)F)cccc2c1CC(N)=O. The van der Waals surface area contributed by atoms with Crippen molar-refractivity contribution < 1.29 is 18.0 Å². The molecule has 0 bridgehead atoms. The molecule has 2 aromatic rings. The molecule has 0 spiro atoms. The van der Waals surface area contributed by atoms with Gasteiger partial charge < -0.3 is 10.7 Å². The Kier molecular flexibility index (Phi) is 2.80. The van der Waals surface area contributed by atoms with Crippen molar-refractivity contribution in [3.63, 3.8) is 0 Å². The smallest absolute Gasteiger partial charge is 0.369 e. The summed E-state index contributed by atoms with van der Waals surface area (Å²) in [5.74, 6) is -0.573. The van der Waals surface area contributed by atoms with Gasteiger partial charge in [0.25, 0.3) is 0 Å². The first-order chi connectivity index (χ1) is 8.30. The largest absolute Gasteiger partial charge is 0.418 e. The minimum absolute atomic E-state index is 0.00116. The van der Waals surface area contributed by atoms with Gasteiger partial charge in [0.15, 0.2) is 0 Å². The van der Waals surface area contributed by atoms with Crippen molar-refractivity contribution in [1.29, 1.82) is 0 Å². The number of carbonyl (C=O) groups excluding carboxylic acids is 1. The number of alkyl halides is 3. The molecule has 0 atom stereocenters. The Balaban J connectivity index is 2.71.